The van der Waals surface area contributed by atoms with Gasteiger partial charge in [0.15, 0.2) is 0 Å². The molecule has 2 aromatic rings. The summed E-state index contributed by atoms with van der Waals surface area (Å²) in [5.74, 6) is -0.00914. The predicted molar refractivity (Wildman–Crippen MR) is 98.1 cm³/mol. The number of quaternary nitrogens is 1. The molecule has 2 heterocycles. The predicted octanol–water partition coefficient (Wildman–Crippen LogP) is 3.05. The zero-order valence-electron chi connectivity index (χ0n) is 13.2. The summed E-state index contributed by atoms with van der Waals surface area (Å²) in [5, 5.41) is 5.34. The second kappa shape index (κ2) is 7.60. The number of benzene rings is 1. The molecule has 3 rings (SSSR count). The van der Waals surface area contributed by atoms with E-state index in [0.29, 0.717) is 11.6 Å². The molecular weight excluding hydrogens is 372 g/mol. The van der Waals surface area contributed by atoms with Crippen LogP contribution >= 0.6 is 27.3 Å². The maximum atomic E-state index is 12.6. The molecule has 0 bridgehead atoms. The molecular formula is C18H22BrN2OS+. The molecule has 0 saturated carbocycles. The topological polar surface area (TPSA) is 33.5 Å². The summed E-state index contributed by atoms with van der Waals surface area (Å²) in [6.45, 7) is 4.51. The standard InChI is InChI=1S/C18H21BrN2OS/c1-13(20-18(22)14-7-2-3-8-15(14)19)17(16-9-6-12-23-16)21-10-4-5-11-21/h2-3,6-9,12-13,17H,4-5,10-11H2,1H3,(H,20,22)/p+1/t13-,17+/m0/s1. The Kier molecular flexibility index (Phi) is 5.51. The zero-order valence-corrected chi connectivity index (χ0v) is 15.6. The summed E-state index contributed by atoms with van der Waals surface area (Å²) in [6, 6.07) is 12.3. The van der Waals surface area contributed by atoms with E-state index >= 15 is 0 Å². The number of thiophene rings is 1. The van der Waals surface area contributed by atoms with Gasteiger partial charge in [-0.25, -0.2) is 0 Å². The Balaban J connectivity index is 1.77. The van der Waals surface area contributed by atoms with Gasteiger partial charge in [-0.15, -0.1) is 11.3 Å². The summed E-state index contributed by atoms with van der Waals surface area (Å²) in [5.41, 5.74) is 0.695. The van der Waals surface area contributed by atoms with E-state index in [1.807, 2.05) is 24.3 Å². The minimum Gasteiger partial charge on any atom is -0.343 e. The van der Waals surface area contributed by atoms with Gasteiger partial charge in [0.2, 0.25) is 0 Å². The van der Waals surface area contributed by atoms with Crippen LogP contribution in [0.2, 0.25) is 0 Å². The second-order valence-corrected chi connectivity index (χ2v) is 7.93. The van der Waals surface area contributed by atoms with Crippen LogP contribution in [0.4, 0.5) is 0 Å². The van der Waals surface area contributed by atoms with Crippen molar-refractivity contribution in [3.8, 4) is 0 Å². The Morgan fingerprint density at radius 2 is 1.96 bits per heavy atom. The van der Waals surface area contributed by atoms with Crippen molar-refractivity contribution in [3.05, 3.63) is 56.7 Å². The lowest BCUT2D eigenvalue weighted by Crippen LogP contribution is -3.11. The number of carbonyl (C=O) groups excluding carboxylic acids is 1. The Bertz CT molecular complexity index is 653. The van der Waals surface area contributed by atoms with Crippen LogP contribution in [-0.4, -0.2) is 25.0 Å². The number of carbonyl (C=O) groups is 1. The Hall–Kier alpha value is -1.17. The quantitative estimate of drug-likeness (QED) is 0.803. The van der Waals surface area contributed by atoms with Crippen molar-refractivity contribution in [1.29, 1.82) is 0 Å². The summed E-state index contributed by atoms with van der Waals surface area (Å²) in [6.07, 6.45) is 2.56. The maximum absolute atomic E-state index is 12.6. The first-order valence-electron chi connectivity index (χ1n) is 8.10. The van der Waals surface area contributed by atoms with Gasteiger partial charge in [-0.1, -0.05) is 18.2 Å². The average Bonchev–Trinajstić information content (AvgIpc) is 3.22. The van der Waals surface area contributed by atoms with E-state index in [1.165, 1.54) is 30.8 Å². The van der Waals surface area contributed by atoms with E-state index in [4.69, 9.17) is 0 Å². The number of halogens is 1. The first-order chi connectivity index (χ1) is 11.2. The molecule has 0 radical (unpaired) electrons. The number of likely N-dealkylation sites (tertiary alicyclic amines) is 1. The molecule has 1 aromatic heterocycles. The average molecular weight is 394 g/mol. The molecule has 0 aliphatic carbocycles. The van der Waals surface area contributed by atoms with Crippen LogP contribution in [0.25, 0.3) is 0 Å². The van der Waals surface area contributed by atoms with E-state index in [1.54, 1.807) is 16.2 Å². The fourth-order valence-electron chi connectivity index (χ4n) is 3.42. The summed E-state index contributed by atoms with van der Waals surface area (Å²) in [4.78, 5) is 15.6. The smallest absolute Gasteiger partial charge is 0.252 e. The highest BCUT2D eigenvalue weighted by atomic mass is 79.9. The van der Waals surface area contributed by atoms with Crippen LogP contribution in [0.15, 0.2) is 46.3 Å². The van der Waals surface area contributed by atoms with Gasteiger partial charge in [-0.05, 0) is 46.4 Å². The van der Waals surface area contributed by atoms with E-state index in [0.717, 1.165) is 4.47 Å². The molecule has 1 aromatic carbocycles. The Labute approximate surface area is 149 Å². The molecule has 2 N–H and O–H groups in total. The highest BCUT2D eigenvalue weighted by Crippen LogP contribution is 2.22. The van der Waals surface area contributed by atoms with Crippen LogP contribution in [0.5, 0.6) is 0 Å². The SMILES string of the molecule is C[C@H](NC(=O)c1ccccc1Br)[C@H](c1cccs1)[NH+]1CCCC1. The third-order valence-electron chi connectivity index (χ3n) is 4.51. The fourth-order valence-corrected chi connectivity index (χ4v) is 4.88. The third kappa shape index (κ3) is 3.84. The maximum Gasteiger partial charge on any atom is 0.252 e. The molecule has 1 saturated heterocycles. The van der Waals surface area contributed by atoms with Crippen LogP contribution in [0, 0.1) is 0 Å². The van der Waals surface area contributed by atoms with Crippen molar-refractivity contribution in [1.82, 2.24) is 5.32 Å². The van der Waals surface area contributed by atoms with E-state index in [-0.39, 0.29) is 11.9 Å². The van der Waals surface area contributed by atoms with Gasteiger partial charge in [0.05, 0.1) is 29.6 Å². The van der Waals surface area contributed by atoms with Crippen LogP contribution in [0.3, 0.4) is 0 Å². The Morgan fingerprint density at radius 3 is 2.61 bits per heavy atom. The molecule has 1 amide bonds. The second-order valence-electron chi connectivity index (χ2n) is 6.10. The molecule has 5 heteroatoms. The van der Waals surface area contributed by atoms with Crippen molar-refractivity contribution in [2.75, 3.05) is 13.1 Å². The largest absolute Gasteiger partial charge is 0.343 e. The lowest BCUT2D eigenvalue weighted by molar-refractivity contribution is -0.920. The number of rotatable bonds is 5. The van der Waals surface area contributed by atoms with Gasteiger partial charge in [0, 0.05) is 17.3 Å². The van der Waals surface area contributed by atoms with Crippen molar-refractivity contribution in [2.45, 2.75) is 31.8 Å². The van der Waals surface area contributed by atoms with Crippen molar-refractivity contribution in [3.63, 3.8) is 0 Å². The molecule has 23 heavy (non-hydrogen) atoms. The van der Waals surface area contributed by atoms with Crippen LogP contribution < -0.4 is 10.2 Å². The highest BCUT2D eigenvalue weighted by molar-refractivity contribution is 9.10. The number of hydrogen-bond acceptors (Lipinski definition) is 2. The van der Waals surface area contributed by atoms with Crippen LogP contribution in [-0.2, 0) is 0 Å². The van der Waals surface area contributed by atoms with Crippen molar-refractivity contribution in [2.24, 2.45) is 0 Å². The highest BCUT2D eigenvalue weighted by Gasteiger charge is 2.33. The number of amides is 1. The molecule has 1 fully saturated rings. The number of nitrogens with one attached hydrogen (secondary N) is 2. The minimum absolute atomic E-state index is 0.00914. The molecule has 1 aliphatic heterocycles. The summed E-state index contributed by atoms with van der Waals surface area (Å²) in [7, 11) is 0. The molecule has 2 atom stereocenters. The van der Waals surface area contributed by atoms with E-state index in [9.17, 15) is 4.79 Å². The minimum atomic E-state index is -0.00914. The summed E-state index contributed by atoms with van der Waals surface area (Å²) < 4.78 is 0.839. The molecule has 1 aliphatic rings. The molecule has 122 valence electrons. The van der Waals surface area contributed by atoms with Gasteiger partial charge >= 0.3 is 0 Å². The van der Waals surface area contributed by atoms with Crippen LogP contribution in [0.1, 0.15) is 41.0 Å². The van der Waals surface area contributed by atoms with Crippen molar-refractivity contribution >= 4 is 33.2 Å². The molecule has 0 unspecified atom stereocenters. The van der Waals surface area contributed by atoms with Crippen molar-refractivity contribution < 1.29 is 9.69 Å². The first-order valence-corrected chi connectivity index (χ1v) is 9.77. The lowest BCUT2D eigenvalue weighted by Gasteiger charge is -2.29. The zero-order chi connectivity index (χ0) is 16.2. The van der Waals surface area contributed by atoms with Gasteiger partial charge in [-0.2, -0.15) is 0 Å². The molecule has 3 nitrogen and oxygen atoms in total. The summed E-state index contributed by atoms with van der Waals surface area (Å²) >= 11 is 5.26. The van der Waals surface area contributed by atoms with Gasteiger partial charge < -0.3 is 10.2 Å². The van der Waals surface area contributed by atoms with Gasteiger partial charge in [0.1, 0.15) is 6.04 Å². The van der Waals surface area contributed by atoms with Gasteiger partial charge in [-0.3, -0.25) is 4.79 Å². The number of hydrogen-bond donors (Lipinski definition) is 2. The van der Waals surface area contributed by atoms with E-state index in [2.05, 4.69) is 45.7 Å². The normalized spacial score (nSPS) is 17.8. The van der Waals surface area contributed by atoms with Gasteiger partial charge in [0.25, 0.3) is 5.91 Å². The third-order valence-corrected chi connectivity index (χ3v) is 6.16. The molecule has 0 spiro atoms. The lowest BCUT2D eigenvalue weighted by atomic mass is 10.1. The first kappa shape index (κ1) is 16.7. The Morgan fingerprint density at radius 1 is 1.22 bits per heavy atom. The van der Waals surface area contributed by atoms with E-state index < -0.39 is 0 Å². The monoisotopic (exact) mass is 393 g/mol. The fraction of sp³-hybridized carbons (Fsp3) is 0.389.